The Morgan fingerprint density at radius 3 is 2.37 bits per heavy atom. The molecule has 0 aromatic heterocycles. The molecule has 2 aromatic carbocycles. The Bertz CT molecular complexity index is 938. The summed E-state index contributed by atoms with van der Waals surface area (Å²) in [5.41, 5.74) is 2.59. The fraction of sp³-hybridized carbons (Fsp3) is 0.481. The summed E-state index contributed by atoms with van der Waals surface area (Å²) < 4.78 is 35.5. The van der Waals surface area contributed by atoms with Crippen LogP contribution in [0.15, 0.2) is 36.4 Å². The number of rotatable bonds is 3. The predicted octanol–water partition coefficient (Wildman–Crippen LogP) is 6.76. The van der Waals surface area contributed by atoms with Crippen molar-refractivity contribution in [3.63, 3.8) is 0 Å². The molecule has 4 atom stereocenters. The van der Waals surface area contributed by atoms with E-state index in [4.69, 9.17) is 4.74 Å². The Kier molecular flexibility index (Phi) is 6.54. The van der Waals surface area contributed by atoms with Gasteiger partial charge < -0.3 is 4.74 Å². The van der Waals surface area contributed by atoms with Crippen LogP contribution in [-0.2, 0) is 4.74 Å². The number of hydrogen-bond donors (Lipinski definition) is 0. The van der Waals surface area contributed by atoms with E-state index in [9.17, 15) is 8.78 Å². The third-order valence-electron chi connectivity index (χ3n) is 6.91. The Morgan fingerprint density at radius 2 is 1.60 bits per heavy atom. The highest BCUT2D eigenvalue weighted by molar-refractivity contribution is 5.45. The normalized spacial score (nSPS) is 25.9. The van der Waals surface area contributed by atoms with Gasteiger partial charge in [0.1, 0.15) is 0 Å². The highest BCUT2D eigenvalue weighted by Crippen LogP contribution is 2.47. The molecule has 3 heteroatoms. The van der Waals surface area contributed by atoms with Crippen LogP contribution >= 0.6 is 0 Å². The summed E-state index contributed by atoms with van der Waals surface area (Å²) in [7, 11) is 0. The monoisotopic (exact) mass is 408 g/mol. The molecule has 158 valence electrons. The average Bonchev–Trinajstić information content (AvgIpc) is 2.76. The van der Waals surface area contributed by atoms with Gasteiger partial charge in [0.05, 0.1) is 11.7 Å². The molecule has 0 bridgehead atoms. The van der Waals surface area contributed by atoms with Crippen LogP contribution in [0.5, 0.6) is 0 Å². The summed E-state index contributed by atoms with van der Waals surface area (Å²) in [6, 6.07) is 11.1. The minimum atomic E-state index is -0.811. The molecule has 0 amide bonds. The highest BCUT2D eigenvalue weighted by Gasteiger charge is 2.37. The number of aryl methyl sites for hydroxylation is 1. The lowest BCUT2D eigenvalue weighted by Gasteiger charge is -2.42. The quantitative estimate of drug-likeness (QED) is 0.510. The molecule has 1 nitrogen and oxygen atoms in total. The summed E-state index contributed by atoms with van der Waals surface area (Å²) >= 11 is 0. The third-order valence-corrected chi connectivity index (χ3v) is 6.91. The van der Waals surface area contributed by atoms with E-state index < -0.39 is 11.6 Å². The van der Waals surface area contributed by atoms with Gasteiger partial charge in [0.2, 0.25) is 0 Å². The number of benzene rings is 2. The fourth-order valence-electron chi connectivity index (χ4n) is 5.27. The number of ether oxygens (including phenoxy) is 1. The zero-order valence-electron chi connectivity index (χ0n) is 17.9. The van der Waals surface area contributed by atoms with Gasteiger partial charge in [-0.05, 0) is 93.9 Å². The van der Waals surface area contributed by atoms with E-state index in [0.717, 1.165) is 56.3 Å². The van der Waals surface area contributed by atoms with E-state index >= 15 is 0 Å². The largest absolute Gasteiger partial charge is 0.378 e. The zero-order chi connectivity index (χ0) is 21.1. The second kappa shape index (κ2) is 9.31. The highest BCUT2D eigenvalue weighted by atomic mass is 19.2. The summed E-state index contributed by atoms with van der Waals surface area (Å²) in [5.74, 6) is 5.59. The van der Waals surface area contributed by atoms with Crippen LogP contribution in [0.3, 0.4) is 0 Å². The van der Waals surface area contributed by atoms with Crippen LogP contribution in [-0.4, -0.2) is 12.7 Å². The van der Waals surface area contributed by atoms with Crippen molar-refractivity contribution in [3.05, 3.63) is 70.3 Å². The minimum absolute atomic E-state index is 0.100. The van der Waals surface area contributed by atoms with Gasteiger partial charge in [-0.2, -0.15) is 0 Å². The second-order valence-corrected chi connectivity index (χ2v) is 8.87. The van der Waals surface area contributed by atoms with E-state index in [2.05, 4.69) is 18.8 Å². The molecule has 4 unspecified atom stereocenters. The molecular formula is C27H30F2O. The van der Waals surface area contributed by atoms with E-state index in [1.54, 1.807) is 12.1 Å². The maximum Gasteiger partial charge on any atom is 0.174 e. The summed E-state index contributed by atoms with van der Waals surface area (Å²) in [5, 5.41) is 0. The first-order valence-corrected chi connectivity index (χ1v) is 11.2. The fourth-order valence-corrected chi connectivity index (χ4v) is 5.27. The molecular weight excluding hydrogens is 378 g/mol. The summed E-state index contributed by atoms with van der Waals surface area (Å²) in [6.45, 7) is 4.83. The molecule has 30 heavy (non-hydrogen) atoms. The lowest BCUT2D eigenvalue weighted by atomic mass is 9.65. The van der Waals surface area contributed by atoms with Crippen LogP contribution in [0.1, 0.15) is 73.6 Å². The number of hydrogen-bond acceptors (Lipinski definition) is 1. The first kappa shape index (κ1) is 21.1. The maximum absolute atomic E-state index is 14.9. The van der Waals surface area contributed by atoms with Crippen LogP contribution < -0.4 is 0 Å². The van der Waals surface area contributed by atoms with Crippen molar-refractivity contribution in [2.45, 2.75) is 64.4 Å². The van der Waals surface area contributed by atoms with Crippen LogP contribution in [0.2, 0.25) is 0 Å². The predicted molar refractivity (Wildman–Crippen MR) is 116 cm³/mol. The lowest BCUT2D eigenvalue weighted by molar-refractivity contribution is -0.00970. The Morgan fingerprint density at radius 1 is 0.867 bits per heavy atom. The topological polar surface area (TPSA) is 9.23 Å². The smallest absolute Gasteiger partial charge is 0.174 e. The van der Waals surface area contributed by atoms with Crippen LogP contribution in [0.4, 0.5) is 8.78 Å². The average molecular weight is 409 g/mol. The van der Waals surface area contributed by atoms with Gasteiger partial charge in [0.15, 0.2) is 11.6 Å². The Hall–Kier alpha value is -2.18. The van der Waals surface area contributed by atoms with Gasteiger partial charge in [-0.3, -0.25) is 0 Å². The van der Waals surface area contributed by atoms with E-state index in [0.29, 0.717) is 23.5 Å². The van der Waals surface area contributed by atoms with E-state index in [1.807, 2.05) is 31.2 Å². The Labute approximate surface area is 178 Å². The van der Waals surface area contributed by atoms with Crippen molar-refractivity contribution in [1.82, 2.24) is 0 Å². The van der Waals surface area contributed by atoms with Gasteiger partial charge in [0.25, 0.3) is 0 Å². The number of halogens is 2. The van der Waals surface area contributed by atoms with Crippen LogP contribution in [0, 0.1) is 42.2 Å². The lowest BCUT2D eigenvalue weighted by Crippen LogP contribution is -2.34. The van der Waals surface area contributed by atoms with Gasteiger partial charge in [-0.15, -0.1) is 0 Å². The second-order valence-electron chi connectivity index (χ2n) is 8.87. The van der Waals surface area contributed by atoms with Crippen molar-refractivity contribution in [2.75, 3.05) is 6.61 Å². The standard InChI is InChI=1S/C27H30F2O/c1-3-30-24-14-12-21-16-23(11-10-22(21)17-24)25-15-13-20(26(28)27(25)29)9-8-19-6-4-18(2)5-7-19/h4-7,13,15,21-24H,3,10-12,14,16-17H2,1-2H3. The van der Waals surface area contributed by atoms with Gasteiger partial charge in [-0.25, -0.2) is 8.78 Å². The van der Waals surface area contributed by atoms with Crippen molar-refractivity contribution in [1.29, 1.82) is 0 Å². The molecule has 0 heterocycles. The van der Waals surface area contributed by atoms with Gasteiger partial charge in [0, 0.05) is 12.2 Å². The zero-order valence-corrected chi connectivity index (χ0v) is 17.9. The molecule has 0 N–H and O–H groups in total. The minimum Gasteiger partial charge on any atom is -0.378 e. The molecule has 2 aliphatic rings. The molecule has 2 fully saturated rings. The van der Waals surface area contributed by atoms with Crippen LogP contribution in [0.25, 0.3) is 0 Å². The van der Waals surface area contributed by atoms with Crippen molar-refractivity contribution < 1.29 is 13.5 Å². The van der Waals surface area contributed by atoms with Crippen molar-refractivity contribution in [2.24, 2.45) is 11.8 Å². The number of fused-ring (bicyclic) bond motifs is 1. The molecule has 0 spiro atoms. The van der Waals surface area contributed by atoms with Crippen molar-refractivity contribution in [3.8, 4) is 11.8 Å². The van der Waals surface area contributed by atoms with E-state index in [1.165, 1.54) is 0 Å². The molecule has 2 aliphatic carbocycles. The molecule has 4 rings (SSSR count). The van der Waals surface area contributed by atoms with Gasteiger partial charge >= 0.3 is 0 Å². The summed E-state index contributed by atoms with van der Waals surface area (Å²) in [4.78, 5) is 0. The van der Waals surface area contributed by atoms with Crippen molar-refractivity contribution >= 4 is 0 Å². The van der Waals surface area contributed by atoms with Gasteiger partial charge in [-0.1, -0.05) is 35.6 Å². The molecule has 2 saturated carbocycles. The molecule has 2 aromatic rings. The molecule has 0 saturated heterocycles. The van der Waals surface area contributed by atoms with E-state index in [-0.39, 0.29) is 11.5 Å². The maximum atomic E-state index is 14.9. The summed E-state index contributed by atoms with van der Waals surface area (Å²) in [6.07, 6.45) is 6.68. The first-order valence-electron chi connectivity index (χ1n) is 11.2. The molecule has 0 aliphatic heterocycles. The molecule has 0 radical (unpaired) electrons. The Balaban J connectivity index is 1.47. The first-order chi connectivity index (χ1) is 14.5. The SMILES string of the molecule is CCOC1CCC2CC(c3ccc(C#Cc4ccc(C)cc4)c(F)c3F)CCC2C1. The third kappa shape index (κ3) is 4.60.